The third-order valence-electron chi connectivity index (χ3n) is 3.96. The van der Waals surface area contributed by atoms with Crippen molar-refractivity contribution in [2.45, 2.75) is 33.2 Å². The number of carbonyl (C=O) groups excluding carboxylic acids is 3. The van der Waals surface area contributed by atoms with E-state index in [-0.39, 0.29) is 31.1 Å². The standard InChI is InChI=1S/C19H24N2O6/c1-4-13-17(18(23)25-5-2)14(21-19(24)20-13)10-27-16(22)11-26-15-9-7-6-8-12(15)3/h6-9,13H,4-5,10-11H2,1-3H3,(H2,20,21,24)/t13-/m0/s1. The monoisotopic (exact) mass is 376 g/mol. The van der Waals surface area contributed by atoms with Crippen molar-refractivity contribution in [1.29, 1.82) is 0 Å². The number of amides is 2. The molecule has 0 fully saturated rings. The molecule has 0 unspecified atom stereocenters. The number of aryl methyl sites for hydroxylation is 1. The van der Waals surface area contributed by atoms with Crippen LogP contribution in [0.4, 0.5) is 4.79 Å². The predicted molar refractivity (Wildman–Crippen MR) is 97.0 cm³/mol. The van der Waals surface area contributed by atoms with Gasteiger partial charge in [0.2, 0.25) is 0 Å². The summed E-state index contributed by atoms with van der Waals surface area (Å²) in [5, 5.41) is 5.17. The molecule has 146 valence electrons. The molecule has 0 saturated carbocycles. The molecule has 0 radical (unpaired) electrons. The molecule has 8 heteroatoms. The zero-order chi connectivity index (χ0) is 19.8. The van der Waals surface area contributed by atoms with E-state index in [4.69, 9.17) is 14.2 Å². The van der Waals surface area contributed by atoms with Crippen molar-refractivity contribution in [3.63, 3.8) is 0 Å². The molecule has 8 nitrogen and oxygen atoms in total. The average Bonchev–Trinajstić information content (AvgIpc) is 2.65. The number of urea groups is 1. The van der Waals surface area contributed by atoms with Crippen LogP contribution in [-0.2, 0) is 19.1 Å². The fourth-order valence-corrected chi connectivity index (χ4v) is 2.62. The zero-order valence-corrected chi connectivity index (χ0v) is 15.7. The van der Waals surface area contributed by atoms with Crippen molar-refractivity contribution in [2.24, 2.45) is 0 Å². The lowest BCUT2D eigenvalue weighted by molar-refractivity contribution is -0.145. The van der Waals surface area contributed by atoms with Gasteiger partial charge in [-0.2, -0.15) is 0 Å². The van der Waals surface area contributed by atoms with Gasteiger partial charge in [-0.15, -0.1) is 0 Å². The number of hydrogen-bond acceptors (Lipinski definition) is 6. The number of rotatable bonds is 8. The predicted octanol–water partition coefficient (Wildman–Crippen LogP) is 1.83. The van der Waals surface area contributed by atoms with Crippen LogP contribution in [0.3, 0.4) is 0 Å². The molecule has 1 aromatic carbocycles. The highest BCUT2D eigenvalue weighted by Gasteiger charge is 2.32. The van der Waals surface area contributed by atoms with E-state index in [0.717, 1.165) is 5.56 Å². The molecule has 27 heavy (non-hydrogen) atoms. The first-order chi connectivity index (χ1) is 13.0. The molecule has 0 aliphatic carbocycles. The van der Waals surface area contributed by atoms with Gasteiger partial charge in [0, 0.05) is 0 Å². The van der Waals surface area contributed by atoms with Crippen LogP contribution < -0.4 is 15.4 Å². The Morgan fingerprint density at radius 2 is 1.89 bits per heavy atom. The second kappa shape index (κ2) is 9.61. The molecule has 0 aromatic heterocycles. The van der Waals surface area contributed by atoms with Gasteiger partial charge in [0.25, 0.3) is 0 Å². The van der Waals surface area contributed by atoms with Gasteiger partial charge >= 0.3 is 18.0 Å². The quantitative estimate of drug-likeness (QED) is 0.671. The van der Waals surface area contributed by atoms with Gasteiger partial charge in [-0.1, -0.05) is 25.1 Å². The number of carbonyl (C=O) groups is 3. The van der Waals surface area contributed by atoms with Crippen LogP contribution in [0, 0.1) is 6.92 Å². The number of para-hydroxylation sites is 1. The van der Waals surface area contributed by atoms with Crippen LogP contribution in [0.15, 0.2) is 35.5 Å². The highest BCUT2D eigenvalue weighted by molar-refractivity contribution is 5.94. The summed E-state index contributed by atoms with van der Waals surface area (Å²) in [7, 11) is 0. The van der Waals surface area contributed by atoms with Crippen LogP contribution in [0.5, 0.6) is 5.75 Å². The summed E-state index contributed by atoms with van der Waals surface area (Å²) in [4.78, 5) is 36.0. The second-order valence-corrected chi connectivity index (χ2v) is 5.89. The highest BCUT2D eigenvalue weighted by atomic mass is 16.6. The molecule has 0 spiro atoms. The molecular weight excluding hydrogens is 352 g/mol. The van der Waals surface area contributed by atoms with E-state index in [2.05, 4.69) is 10.6 Å². The molecule has 1 heterocycles. The van der Waals surface area contributed by atoms with Crippen molar-refractivity contribution in [3.8, 4) is 5.75 Å². The van der Waals surface area contributed by atoms with Gasteiger partial charge in [-0.3, -0.25) is 0 Å². The van der Waals surface area contributed by atoms with E-state index >= 15 is 0 Å². The maximum Gasteiger partial charge on any atom is 0.344 e. The van der Waals surface area contributed by atoms with E-state index in [1.165, 1.54) is 0 Å². The van der Waals surface area contributed by atoms with Gasteiger partial charge < -0.3 is 24.8 Å². The Morgan fingerprint density at radius 1 is 1.15 bits per heavy atom. The molecule has 0 bridgehead atoms. The molecule has 1 aliphatic rings. The lowest BCUT2D eigenvalue weighted by atomic mass is 10.0. The fourth-order valence-electron chi connectivity index (χ4n) is 2.62. The van der Waals surface area contributed by atoms with Crippen molar-refractivity contribution in [3.05, 3.63) is 41.1 Å². The molecule has 2 rings (SSSR count). The van der Waals surface area contributed by atoms with Crippen LogP contribution in [0.2, 0.25) is 0 Å². The number of esters is 2. The summed E-state index contributed by atoms with van der Waals surface area (Å²) < 4.78 is 15.7. The van der Waals surface area contributed by atoms with Crippen molar-refractivity contribution in [2.75, 3.05) is 19.8 Å². The third-order valence-corrected chi connectivity index (χ3v) is 3.96. The third kappa shape index (κ3) is 5.47. The first-order valence-electron chi connectivity index (χ1n) is 8.78. The Morgan fingerprint density at radius 3 is 2.56 bits per heavy atom. The molecule has 2 amide bonds. The molecular formula is C19H24N2O6. The highest BCUT2D eigenvalue weighted by Crippen LogP contribution is 2.18. The maximum atomic E-state index is 12.2. The molecule has 1 aliphatic heterocycles. The van der Waals surface area contributed by atoms with Crippen molar-refractivity contribution >= 4 is 18.0 Å². The summed E-state index contributed by atoms with van der Waals surface area (Å²) in [5.41, 5.74) is 1.37. The van der Waals surface area contributed by atoms with Gasteiger partial charge in [0.05, 0.1) is 23.9 Å². The molecule has 2 N–H and O–H groups in total. The minimum absolute atomic E-state index is 0.198. The maximum absolute atomic E-state index is 12.2. The summed E-state index contributed by atoms with van der Waals surface area (Å²) in [5.74, 6) is -0.587. The number of benzene rings is 1. The summed E-state index contributed by atoms with van der Waals surface area (Å²) in [6.07, 6.45) is 0.495. The number of ether oxygens (including phenoxy) is 3. The minimum atomic E-state index is -0.616. The zero-order valence-electron chi connectivity index (χ0n) is 15.7. The lowest BCUT2D eigenvalue weighted by Crippen LogP contribution is -2.51. The summed E-state index contributed by atoms with van der Waals surface area (Å²) in [6.45, 7) is 5.05. The lowest BCUT2D eigenvalue weighted by Gasteiger charge is -2.28. The second-order valence-electron chi connectivity index (χ2n) is 5.89. The molecule has 1 atom stereocenters. The van der Waals surface area contributed by atoms with E-state index < -0.39 is 24.0 Å². The van der Waals surface area contributed by atoms with Gasteiger partial charge in [0.1, 0.15) is 12.4 Å². The van der Waals surface area contributed by atoms with Gasteiger partial charge in [-0.05, 0) is 31.9 Å². The topological polar surface area (TPSA) is 103 Å². The molecule has 0 saturated heterocycles. The van der Waals surface area contributed by atoms with E-state index in [1.807, 2.05) is 26.0 Å². The number of nitrogens with one attached hydrogen (secondary N) is 2. The van der Waals surface area contributed by atoms with Crippen LogP contribution in [-0.4, -0.2) is 43.8 Å². The Hall–Kier alpha value is -3.03. The summed E-state index contributed by atoms with van der Waals surface area (Å²) in [6, 6.07) is 6.33. The Balaban J connectivity index is 2.03. The van der Waals surface area contributed by atoms with Crippen LogP contribution >= 0.6 is 0 Å². The first kappa shape index (κ1) is 20.3. The Kier molecular flexibility index (Phi) is 7.22. The number of hydrogen-bond donors (Lipinski definition) is 2. The first-order valence-corrected chi connectivity index (χ1v) is 8.78. The smallest absolute Gasteiger partial charge is 0.344 e. The Bertz CT molecular complexity index is 743. The fraction of sp³-hybridized carbons (Fsp3) is 0.421. The molecule has 1 aromatic rings. The SMILES string of the molecule is CCOC(=O)C1=C(COC(=O)COc2ccccc2C)NC(=O)N[C@H]1CC. The van der Waals surface area contributed by atoms with Crippen molar-refractivity contribution in [1.82, 2.24) is 10.6 Å². The summed E-state index contributed by atoms with van der Waals surface area (Å²) >= 11 is 0. The van der Waals surface area contributed by atoms with Crippen LogP contribution in [0.1, 0.15) is 25.8 Å². The average molecular weight is 376 g/mol. The minimum Gasteiger partial charge on any atom is -0.482 e. The van der Waals surface area contributed by atoms with E-state index in [9.17, 15) is 14.4 Å². The van der Waals surface area contributed by atoms with Crippen molar-refractivity contribution < 1.29 is 28.6 Å². The normalized spacial score (nSPS) is 16.3. The van der Waals surface area contributed by atoms with Crippen LogP contribution in [0.25, 0.3) is 0 Å². The van der Waals surface area contributed by atoms with E-state index in [0.29, 0.717) is 12.2 Å². The Labute approximate surface area is 157 Å². The van der Waals surface area contributed by atoms with E-state index in [1.54, 1.807) is 19.1 Å². The largest absolute Gasteiger partial charge is 0.482 e. The van der Waals surface area contributed by atoms with Gasteiger partial charge in [-0.25, -0.2) is 14.4 Å². The van der Waals surface area contributed by atoms with Gasteiger partial charge in [0.15, 0.2) is 6.61 Å².